The Kier molecular flexibility index (Phi) is 4.13. The first-order valence-corrected chi connectivity index (χ1v) is 5.77. The quantitative estimate of drug-likeness (QED) is 0.776. The van der Waals surface area contributed by atoms with Crippen molar-refractivity contribution in [1.29, 1.82) is 0 Å². The number of aryl methyl sites for hydroxylation is 1. The molecule has 0 aromatic heterocycles. The van der Waals surface area contributed by atoms with E-state index < -0.39 is 0 Å². The van der Waals surface area contributed by atoms with Gasteiger partial charge in [0, 0.05) is 8.95 Å². The standard InChI is InChI=1S/C10H10Br2O2/c1-3-14-10(13)9-7(11)4-6(2)5-8(9)12/h4-5H,3H2,1-2H3. The van der Waals surface area contributed by atoms with Crippen molar-refractivity contribution >= 4 is 37.8 Å². The minimum Gasteiger partial charge on any atom is -0.462 e. The van der Waals surface area contributed by atoms with E-state index in [-0.39, 0.29) is 5.97 Å². The van der Waals surface area contributed by atoms with Crippen LogP contribution in [0.4, 0.5) is 0 Å². The molecule has 14 heavy (non-hydrogen) atoms. The van der Waals surface area contributed by atoms with Crippen molar-refractivity contribution in [3.63, 3.8) is 0 Å². The molecule has 0 N–H and O–H groups in total. The van der Waals surface area contributed by atoms with Crippen LogP contribution in [0.5, 0.6) is 0 Å². The average Bonchev–Trinajstić information content (AvgIpc) is 2.01. The molecule has 0 unspecified atom stereocenters. The third-order valence-electron chi connectivity index (χ3n) is 1.67. The Morgan fingerprint density at radius 1 is 1.36 bits per heavy atom. The highest BCUT2D eigenvalue weighted by molar-refractivity contribution is 9.11. The van der Waals surface area contributed by atoms with Gasteiger partial charge in [-0.2, -0.15) is 0 Å². The van der Waals surface area contributed by atoms with Crippen LogP contribution in [0.3, 0.4) is 0 Å². The lowest BCUT2D eigenvalue weighted by molar-refractivity contribution is 0.0524. The molecule has 0 radical (unpaired) electrons. The van der Waals surface area contributed by atoms with Gasteiger partial charge in [0.25, 0.3) is 0 Å². The molecule has 0 bridgehead atoms. The smallest absolute Gasteiger partial charge is 0.340 e. The van der Waals surface area contributed by atoms with Gasteiger partial charge >= 0.3 is 5.97 Å². The topological polar surface area (TPSA) is 26.3 Å². The van der Waals surface area contributed by atoms with Gasteiger partial charge in [-0.1, -0.05) is 0 Å². The summed E-state index contributed by atoms with van der Waals surface area (Å²) < 4.78 is 6.44. The highest BCUT2D eigenvalue weighted by Crippen LogP contribution is 2.27. The van der Waals surface area contributed by atoms with Crippen LogP contribution < -0.4 is 0 Å². The predicted molar refractivity (Wildman–Crippen MR) is 62.5 cm³/mol. The number of carbonyl (C=O) groups is 1. The van der Waals surface area contributed by atoms with Crippen molar-refractivity contribution in [2.45, 2.75) is 13.8 Å². The van der Waals surface area contributed by atoms with Gasteiger partial charge in [-0.05, 0) is 63.4 Å². The lowest BCUT2D eigenvalue weighted by atomic mass is 10.1. The zero-order valence-corrected chi connectivity index (χ0v) is 11.1. The van der Waals surface area contributed by atoms with Crippen LogP contribution in [0, 0.1) is 6.92 Å². The molecular weight excluding hydrogens is 312 g/mol. The molecule has 1 aromatic rings. The van der Waals surface area contributed by atoms with Gasteiger partial charge in [0.1, 0.15) is 0 Å². The third-order valence-corrected chi connectivity index (χ3v) is 2.92. The van der Waals surface area contributed by atoms with E-state index in [2.05, 4.69) is 31.9 Å². The molecule has 0 amide bonds. The Morgan fingerprint density at radius 3 is 2.29 bits per heavy atom. The number of carbonyl (C=O) groups excluding carboxylic acids is 1. The lowest BCUT2D eigenvalue weighted by Gasteiger charge is -2.07. The van der Waals surface area contributed by atoms with Crippen LogP contribution in [0.25, 0.3) is 0 Å². The number of ether oxygens (including phenoxy) is 1. The average molecular weight is 322 g/mol. The number of hydrogen-bond donors (Lipinski definition) is 0. The van der Waals surface area contributed by atoms with Crippen LogP contribution in [0.15, 0.2) is 21.1 Å². The molecule has 2 nitrogen and oxygen atoms in total. The molecule has 0 saturated carbocycles. The van der Waals surface area contributed by atoms with Crippen LogP contribution in [-0.4, -0.2) is 12.6 Å². The summed E-state index contributed by atoms with van der Waals surface area (Å²) >= 11 is 6.68. The van der Waals surface area contributed by atoms with Gasteiger partial charge in [-0.3, -0.25) is 0 Å². The molecule has 0 aliphatic heterocycles. The summed E-state index contributed by atoms with van der Waals surface area (Å²) in [6, 6.07) is 3.77. The molecule has 0 atom stereocenters. The second-order valence-electron chi connectivity index (χ2n) is 2.82. The summed E-state index contributed by atoms with van der Waals surface area (Å²) in [7, 11) is 0. The van der Waals surface area contributed by atoms with Crippen molar-refractivity contribution in [2.75, 3.05) is 6.61 Å². The second-order valence-corrected chi connectivity index (χ2v) is 4.53. The Bertz CT molecular complexity index is 338. The summed E-state index contributed by atoms with van der Waals surface area (Å²) in [6.45, 7) is 4.13. The van der Waals surface area contributed by atoms with Crippen LogP contribution in [0.1, 0.15) is 22.8 Å². The fraction of sp³-hybridized carbons (Fsp3) is 0.300. The first kappa shape index (κ1) is 11.7. The maximum Gasteiger partial charge on any atom is 0.340 e. The maximum atomic E-state index is 11.5. The van der Waals surface area contributed by atoms with Crippen molar-refractivity contribution < 1.29 is 9.53 Å². The fourth-order valence-corrected chi connectivity index (χ4v) is 2.84. The van der Waals surface area contributed by atoms with Gasteiger partial charge in [-0.25, -0.2) is 4.79 Å². The van der Waals surface area contributed by atoms with E-state index in [9.17, 15) is 4.79 Å². The number of rotatable bonds is 2. The number of esters is 1. The molecule has 0 aliphatic carbocycles. The van der Waals surface area contributed by atoms with Crippen molar-refractivity contribution in [2.24, 2.45) is 0 Å². The SMILES string of the molecule is CCOC(=O)c1c(Br)cc(C)cc1Br. The highest BCUT2D eigenvalue weighted by Gasteiger charge is 2.15. The lowest BCUT2D eigenvalue weighted by Crippen LogP contribution is -2.06. The van der Waals surface area contributed by atoms with Crippen molar-refractivity contribution in [3.8, 4) is 0 Å². The van der Waals surface area contributed by atoms with Crippen molar-refractivity contribution in [1.82, 2.24) is 0 Å². The van der Waals surface area contributed by atoms with E-state index in [4.69, 9.17) is 4.74 Å². The Morgan fingerprint density at radius 2 is 1.86 bits per heavy atom. The third kappa shape index (κ3) is 2.58. The molecular formula is C10H10Br2O2. The molecule has 1 aromatic carbocycles. The van der Waals surface area contributed by atoms with E-state index >= 15 is 0 Å². The van der Waals surface area contributed by atoms with Gasteiger partial charge < -0.3 is 4.74 Å². The number of hydrogen-bond acceptors (Lipinski definition) is 2. The Balaban J connectivity index is 3.14. The van der Waals surface area contributed by atoms with Gasteiger partial charge in [0.05, 0.1) is 12.2 Å². The van der Waals surface area contributed by atoms with Gasteiger partial charge in [0.15, 0.2) is 0 Å². The van der Waals surface area contributed by atoms with Crippen LogP contribution >= 0.6 is 31.9 Å². The highest BCUT2D eigenvalue weighted by atomic mass is 79.9. The van der Waals surface area contributed by atoms with Gasteiger partial charge in [0.2, 0.25) is 0 Å². The Labute approximate surface area is 99.9 Å². The predicted octanol–water partition coefficient (Wildman–Crippen LogP) is 3.70. The first-order chi connectivity index (χ1) is 6.56. The summed E-state index contributed by atoms with van der Waals surface area (Å²) in [5, 5.41) is 0. The molecule has 1 rings (SSSR count). The van der Waals surface area contributed by atoms with Crippen molar-refractivity contribution in [3.05, 3.63) is 32.2 Å². The van der Waals surface area contributed by atoms with E-state index in [1.807, 2.05) is 19.1 Å². The maximum absolute atomic E-state index is 11.5. The fourth-order valence-electron chi connectivity index (χ4n) is 1.10. The zero-order chi connectivity index (χ0) is 10.7. The van der Waals surface area contributed by atoms with E-state index in [0.29, 0.717) is 12.2 Å². The minimum absolute atomic E-state index is 0.314. The van der Waals surface area contributed by atoms with Gasteiger partial charge in [-0.15, -0.1) is 0 Å². The molecule has 0 fully saturated rings. The molecule has 0 saturated heterocycles. The van der Waals surface area contributed by atoms with E-state index in [0.717, 1.165) is 14.5 Å². The monoisotopic (exact) mass is 320 g/mol. The summed E-state index contributed by atoms with van der Waals surface area (Å²) in [4.78, 5) is 11.5. The molecule has 0 heterocycles. The van der Waals surface area contributed by atoms with Crippen LogP contribution in [-0.2, 0) is 4.74 Å². The zero-order valence-electron chi connectivity index (χ0n) is 7.93. The molecule has 0 spiro atoms. The summed E-state index contributed by atoms with van der Waals surface area (Å²) in [5.74, 6) is -0.314. The van der Waals surface area contributed by atoms with Crippen LogP contribution in [0.2, 0.25) is 0 Å². The first-order valence-electron chi connectivity index (χ1n) is 4.19. The minimum atomic E-state index is -0.314. The molecule has 4 heteroatoms. The largest absolute Gasteiger partial charge is 0.462 e. The molecule has 76 valence electrons. The van der Waals surface area contributed by atoms with E-state index in [1.54, 1.807) is 6.92 Å². The number of benzene rings is 1. The number of halogens is 2. The second kappa shape index (κ2) is 4.94. The van der Waals surface area contributed by atoms with E-state index in [1.165, 1.54) is 0 Å². The normalized spacial score (nSPS) is 10.0. The molecule has 0 aliphatic rings. The summed E-state index contributed by atoms with van der Waals surface area (Å²) in [5.41, 5.74) is 1.62. The summed E-state index contributed by atoms with van der Waals surface area (Å²) in [6.07, 6.45) is 0. The Hall–Kier alpha value is -0.350.